The van der Waals surface area contributed by atoms with Crippen molar-refractivity contribution in [3.8, 4) is 0 Å². The van der Waals surface area contributed by atoms with Crippen molar-refractivity contribution < 1.29 is 0 Å². The van der Waals surface area contributed by atoms with Gasteiger partial charge in [0.2, 0.25) is 0 Å². The molecule has 2 heteroatoms. The molecule has 92 valence electrons. The Balaban J connectivity index is 2.09. The first-order valence-corrected chi connectivity index (χ1v) is 8.02. The van der Waals surface area contributed by atoms with Crippen molar-refractivity contribution >= 4 is 31.9 Å². The maximum absolute atomic E-state index is 3.85. The summed E-state index contributed by atoms with van der Waals surface area (Å²) in [7, 11) is 0. The highest BCUT2D eigenvalue weighted by Crippen LogP contribution is 2.39. The van der Waals surface area contributed by atoms with E-state index >= 15 is 0 Å². The quantitative estimate of drug-likeness (QED) is 0.551. The van der Waals surface area contributed by atoms with Crippen molar-refractivity contribution in [3.05, 3.63) is 70.8 Å². The van der Waals surface area contributed by atoms with Gasteiger partial charge >= 0.3 is 0 Å². The van der Waals surface area contributed by atoms with E-state index in [0.29, 0.717) is 9.65 Å². The number of hydrogen-bond acceptors (Lipinski definition) is 0. The molecule has 0 amide bonds. The van der Waals surface area contributed by atoms with Gasteiger partial charge in [-0.2, -0.15) is 0 Å². The maximum Gasteiger partial charge on any atom is 0.0438 e. The molecule has 0 heterocycles. The minimum atomic E-state index is 0.412. The third-order valence-corrected chi connectivity index (χ3v) is 5.22. The fourth-order valence-electron chi connectivity index (χ4n) is 2.66. The Morgan fingerprint density at radius 3 is 1.50 bits per heavy atom. The van der Waals surface area contributed by atoms with Gasteiger partial charge in [0.25, 0.3) is 0 Å². The van der Waals surface area contributed by atoms with E-state index in [0.717, 1.165) is 12.8 Å². The fourth-order valence-corrected chi connectivity index (χ4v) is 4.25. The van der Waals surface area contributed by atoms with Crippen LogP contribution in [-0.4, -0.2) is 0 Å². The monoisotopic (exact) mass is 364 g/mol. The van der Waals surface area contributed by atoms with Crippen LogP contribution in [0.4, 0.5) is 0 Å². The molecular formula is C16H14Br2. The third-order valence-electron chi connectivity index (χ3n) is 3.58. The summed E-state index contributed by atoms with van der Waals surface area (Å²) in [5, 5.41) is 0. The normalized spacial score (nSPS) is 22.6. The summed E-state index contributed by atoms with van der Waals surface area (Å²) < 4.78 is 0. The van der Waals surface area contributed by atoms with Crippen LogP contribution in [0.3, 0.4) is 0 Å². The molecule has 3 rings (SSSR count). The minimum Gasteiger partial charge on any atom is -0.0835 e. The largest absolute Gasteiger partial charge is 0.0835 e. The molecule has 0 radical (unpaired) electrons. The molecule has 2 aromatic carbocycles. The lowest BCUT2D eigenvalue weighted by Crippen LogP contribution is -2.10. The molecule has 18 heavy (non-hydrogen) atoms. The molecule has 1 aliphatic rings. The summed E-state index contributed by atoms with van der Waals surface area (Å²) in [5.74, 6) is 0. The summed E-state index contributed by atoms with van der Waals surface area (Å²) in [5.41, 5.74) is 5.74. The number of alkyl halides is 2. The van der Waals surface area contributed by atoms with Gasteiger partial charge in [0.05, 0.1) is 0 Å². The minimum absolute atomic E-state index is 0.412. The fraction of sp³-hybridized carbons (Fsp3) is 0.250. The lowest BCUT2D eigenvalue weighted by atomic mass is 9.89. The lowest BCUT2D eigenvalue weighted by molar-refractivity contribution is 0.830. The van der Waals surface area contributed by atoms with Crippen molar-refractivity contribution in [2.75, 3.05) is 0 Å². The van der Waals surface area contributed by atoms with Crippen LogP contribution in [-0.2, 0) is 12.8 Å². The van der Waals surface area contributed by atoms with Crippen molar-refractivity contribution in [1.82, 2.24) is 0 Å². The van der Waals surface area contributed by atoms with Crippen LogP contribution in [0.1, 0.15) is 31.9 Å². The van der Waals surface area contributed by atoms with Crippen LogP contribution >= 0.6 is 31.9 Å². The van der Waals surface area contributed by atoms with Gasteiger partial charge in [-0.05, 0) is 35.1 Å². The van der Waals surface area contributed by atoms with Gasteiger partial charge in [0.1, 0.15) is 0 Å². The van der Waals surface area contributed by atoms with Crippen LogP contribution in [0.25, 0.3) is 0 Å². The predicted octanol–water partition coefficient (Wildman–Crippen LogP) is 5.36. The van der Waals surface area contributed by atoms with E-state index in [9.17, 15) is 0 Å². The van der Waals surface area contributed by atoms with E-state index in [-0.39, 0.29) is 0 Å². The Kier molecular flexibility index (Phi) is 3.58. The van der Waals surface area contributed by atoms with Gasteiger partial charge in [-0.25, -0.2) is 0 Å². The first-order chi connectivity index (χ1) is 8.75. The Morgan fingerprint density at radius 1 is 0.667 bits per heavy atom. The van der Waals surface area contributed by atoms with Gasteiger partial charge < -0.3 is 0 Å². The molecule has 0 spiro atoms. The predicted molar refractivity (Wildman–Crippen MR) is 83.6 cm³/mol. The smallest absolute Gasteiger partial charge is 0.0438 e. The SMILES string of the molecule is Br[C@@H]1Cc2ccccc2[C@@H](Br)Cc2ccccc21. The van der Waals surface area contributed by atoms with E-state index in [1.165, 1.54) is 22.3 Å². The van der Waals surface area contributed by atoms with Gasteiger partial charge in [0, 0.05) is 9.65 Å². The van der Waals surface area contributed by atoms with E-state index in [2.05, 4.69) is 80.4 Å². The maximum atomic E-state index is 3.85. The van der Waals surface area contributed by atoms with Crippen LogP contribution in [0.2, 0.25) is 0 Å². The summed E-state index contributed by atoms with van der Waals surface area (Å²) in [6.07, 6.45) is 2.10. The second kappa shape index (κ2) is 5.18. The van der Waals surface area contributed by atoms with Crippen LogP contribution in [0, 0.1) is 0 Å². The van der Waals surface area contributed by atoms with Crippen molar-refractivity contribution in [1.29, 1.82) is 0 Å². The molecule has 0 N–H and O–H groups in total. The number of benzene rings is 2. The molecule has 0 fully saturated rings. The summed E-state index contributed by atoms with van der Waals surface area (Å²) in [4.78, 5) is 0.824. The average molecular weight is 366 g/mol. The van der Waals surface area contributed by atoms with Crippen molar-refractivity contribution in [2.45, 2.75) is 22.5 Å². The molecule has 0 saturated heterocycles. The van der Waals surface area contributed by atoms with Crippen LogP contribution in [0.15, 0.2) is 48.5 Å². The lowest BCUT2D eigenvalue weighted by Gasteiger charge is -2.24. The average Bonchev–Trinajstić information content (AvgIpc) is 2.38. The standard InChI is InChI=1S/C16H14Br2/c17-15-9-11-5-1-3-7-13(11)16(18)10-12-6-2-4-8-14(12)15/h1-8,15-16H,9-10H2/t15-,16+. The molecule has 0 nitrogen and oxygen atoms in total. The number of hydrogen-bond donors (Lipinski definition) is 0. The van der Waals surface area contributed by atoms with E-state index in [1.807, 2.05) is 0 Å². The summed E-state index contributed by atoms with van der Waals surface area (Å²) in [6, 6.07) is 17.5. The molecule has 2 atom stereocenters. The van der Waals surface area contributed by atoms with Gasteiger partial charge in [-0.15, -0.1) is 0 Å². The topological polar surface area (TPSA) is 0 Å². The van der Waals surface area contributed by atoms with Crippen LogP contribution in [0.5, 0.6) is 0 Å². The molecule has 0 aromatic heterocycles. The first kappa shape index (κ1) is 12.4. The van der Waals surface area contributed by atoms with E-state index < -0.39 is 0 Å². The Hall–Kier alpha value is -0.600. The van der Waals surface area contributed by atoms with Crippen molar-refractivity contribution in [3.63, 3.8) is 0 Å². The van der Waals surface area contributed by atoms with Gasteiger partial charge in [-0.1, -0.05) is 80.4 Å². The number of halogens is 2. The highest BCUT2D eigenvalue weighted by Gasteiger charge is 2.22. The summed E-state index contributed by atoms with van der Waals surface area (Å²) in [6.45, 7) is 0. The highest BCUT2D eigenvalue weighted by atomic mass is 79.9. The highest BCUT2D eigenvalue weighted by molar-refractivity contribution is 9.09. The molecule has 1 aliphatic carbocycles. The van der Waals surface area contributed by atoms with Crippen LogP contribution < -0.4 is 0 Å². The molecule has 0 aliphatic heterocycles. The summed E-state index contributed by atoms with van der Waals surface area (Å²) >= 11 is 7.69. The zero-order valence-electron chi connectivity index (χ0n) is 9.94. The second-order valence-corrected chi connectivity index (χ2v) is 6.95. The van der Waals surface area contributed by atoms with Crippen molar-refractivity contribution in [2.24, 2.45) is 0 Å². The third kappa shape index (κ3) is 2.28. The first-order valence-electron chi connectivity index (χ1n) is 6.19. The van der Waals surface area contributed by atoms with E-state index in [1.54, 1.807) is 0 Å². The Bertz CT molecular complexity index is 511. The zero-order valence-corrected chi connectivity index (χ0v) is 13.1. The number of rotatable bonds is 0. The molecule has 2 aromatic rings. The van der Waals surface area contributed by atoms with Gasteiger partial charge in [0.15, 0.2) is 0 Å². The molecule has 0 bridgehead atoms. The number of fused-ring (bicyclic) bond motifs is 2. The van der Waals surface area contributed by atoms with E-state index in [4.69, 9.17) is 0 Å². The molecular weight excluding hydrogens is 352 g/mol. The second-order valence-electron chi connectivity index (χ2n) is 4.74. The molecule has 0 unspecified atom stereocenters. The Morgan fingerprint density at radius 2 is 1.06 bits per heavy atom. The van der Waals surface area contributed by atoms with Gasteiger partial charge in [-0.3, -0.25) is 0 Å². The Labute approximate surface area is 125 Å². The molecule has 0 saturated carbocycles. The zero-order chi connectivity index (χ0) is 12.5.